The Morgan fingerprint density at radius 1 is 0.633 bits per heavy atom. The van der Waals surface area contributed by atoms with Crippen molar-refractivity contribution in [1.29, 1.82) is 0 Å². The minimum absolute atomic E-state index is 0.0103. The average molecular weight is 1290 g/mol. The third kappa shape index (κ3) is 14.2. The van der Waals surface area contributed by atoms with Crippen LogP contribution in [0.25, 0.3) is 11.3 Å². The first kappa shape index (κ1) is 65.9. The maximum atomic E-state index is 15.4. The molecule has 5 N–H and O–H groups in total. The van der Waals surface area contributed by atoms with Crippen LogP contribution in [-0.2, 0) is 59.1 Å². The Morgan fingerprint density at radius 3 is 1.58 bits per heavy atom. The zero-order valence-electron chi connectivity index (χ0n) is 51.6. The molecule has 26 nitrogen and oxygen atoms in total. The van der Waals surface area contributed by atoms with Crippen LogP contribution in [0.2, 0.25) is 0 Å². The molecule has 0 bridgehead atoms. The van der Waals surface area contributed by atoms with Crippen LogP contribution in [0, 0.1) is 5.82 Å². The van der Waals surface area contributed by atoms with Crippen molar-refractivity contribution in [3.8, 4) is 11.3 Å². The number of amides is 1. The van der Waals surface area contributed by atoms with Crippen LogP contribution in [-0.4, -0.2) is 125 Å². The number of carbonyl (C=O) groups excluding carboxylic acids is 2. The predicted molar refractivity (Wildman–Crippen MR) is 342 cm³/mol. The normalized spacial score (nSPS) is 16.4. The second-order valence-corrected chi connectivity index (χ2v) is 24.3. The van der Waals surface area contributed by atoms with Gasteiger partial charge in [-0.05, 0) is 139 Å². The van der Waals surface area contributed by atoms with Crippen molar-refractivity contribution in [3.05, 3.63) is 168 Å². The van der Waals surface area contributed by atoms with Gasteiger partial charge in [0.2, 0.25) is 0 Å². The van der Waals surface area contributed by atoms with Gasteiger partial charge >= 0.3 is 21.1 Å². The van der Waals surface area contributed by atoms with E-state index in [4.69, 9.17) is 28.7 Å². The Balaban J connectivity index is 0.000000155. The smallest absolute Gasteiger partial charge is 0.422 e. The topological polar surface area (TPSA) is 312 Å². The molecule has 0 spiro atoms. The van der Waals surface area contributed by atoms with E-state index in [0.717, 1.165) is 30.6 Å². The molecule has 468 valence electrons. The summed E-state index contributed by atoms with van der Waals surface area (Å²) in [4.78, 5) is 92.2. The van der Waals surface area contributed by atoms with Gasteiger partial charge in [-0.1, -0.05) is 0 Å². The molecule has 8 aromatic rings. The highest BCUT2D eigenvalue weighted by Crippen LogP contribution is 2.43. The van der Waals surface area contributed by atoms with Crippen molar-refractivity contribution < 1.29 is 42.6 Å². The highest BCUT2D eigenvalue weighted by atomic mass is 79.9. The number of pyridine rings is 4. The quantitative estimate of drug-likeness (QED) is 0.0754. The summed E-state index contributed by atoms with van der Waals surface area (Å²) in [6, 6.07) is 12.1. The zero-order valence-corrected chi connectivity index (χ0v) is 53.1. The third-order valence-electron chi connectivity index (χ3n) is 16.1. The number of hydrogen-bond acceptors (Lipinski definition) is 21. The van der Waals surface area contributed by atoms with Gasteiger partial charge in [0.1, 0.15) is 16.1 Å². The number of nitrogens with one attached hydrogen (secondary N) is 3. The number of hydrogen-bond donors (Lipinski definition) is 5. The largest absolute Gasteiger partial charge is 0.509 e. The molecule has 2 fully saturated rings. The monoisotopic (exact) mass is 1290 g/mol. The van der Waals surface area contributed by atoms with Crippen LogP contribution < -0.4 is 43.1 Å². The maximum Gasteiger partial charge on any atom is 0.509 e. The zero-order chi connectivity index (χ0) is 65.0. The molecular formula is C59H68B3BrFN15O11. The highest BCUT2D eigenvalue weighted by Gasteiger charge is 2.63. The molecule has 2 saturated heterocycles. The van der Waals surface area contributed by atoms with Crippen LogP contribution in [0.5, 0.6) is 0 Å². The van der Waals surface area contributed by atoms with Gasteiger partial charge in [0, 0.05) is 94.4 Å². The first-order chi connectivity index (χ1) is 42.6. The van der Waals surface area contributed by atoms with Gasteiger partial charge in [-0.25, -0.2) is 24.3 Å². The summed E-state index contributed by atoms with van der Waals surface area (Å²) < 4.78 is 45.6. The number of anilines is 7. The number of aryl methyl sites for hydroxylation is 3. The number of halogens is 2. The summed E-state index contributed by atoms with van der Waals surface area (Å²) in [5.74, 6) is -0.536. The van der Waals surface area contributed by atoms with E-state index in [0.29, 0.717) is 52.1 Å². The van der Waals surface area contributed by atoms with Crippen LogP contribution in [0.4, 0.5) is 44.7 Å². The first-order valence-electron chi connectivity index (χ1n) is 28.7. The molecule has 90 heavy (non-hydrogen) atoms. The third-order valence-corrected chi connectivity index (χ3v) is 16.5. The van der Waals surface area contributed by atoms with Gasteiger partial charge in [-0.3, -0.25) is 43.8 Å². The highest BCUT2D eigenvalue weighted by molar-refractivity contribution is 9.10. The Morgan fingerprint density at radius 2 is 1.10 bits per heavy atom. The predicted octanol–water partition coefficient (Wildman–Crippen LogP) is 5.80. The van der Waals surface area contributed by atoms with E-state index in [2.05, 4.69) is 66.8 Å². The molecule has 31 heteroatoms. The average Bonchev–Trinajstić information content (AvgIpc) is 1.61. The molecule has 0 atom stereocenters. The lowest BCUT2D eigenvalue weighted by Gasteiger charge is -2.32. The van der Waals surface area contributed by atoms with Crippen molar-refractivity contribution >= 4 is 95.2 Å². The summed E-state index contributed by atoms with van der Waals surface area (Å²) in [6.07, 6.45) is 19.3. The molecule has 3 aliphatic heterocycles. The first-order valence-corrected chi connectivity index (χ1v) is 29.5. The summed E-state index contributed by atoms with van der Waals surface area (Å²) in [7, 11) is 2.07. The number of carbonyl (C=O) groups is 2. The van der Waals surface area contributed by atoms with Gasteiger partial charge in [-0.15, -0.1) is 0 Å². The Bertz CT molecular complexity index is 4060. The van der Waals surface area contributed by atoms with Gasteiger partial charge in [0.05, 0.1) is 74.9 Å². The van der Waals surface area contributed by atoms with Crippen molar-refractivity contribution in [3.63, 3.8) is 0 Å². The van der Waals surface area contributed by atoms with E-state index >= 15 is 4.39 Å². The molecule has 0 saturated carbocycles. The molecular weight excluding hydrogens is 1230 g/mol. The van der Waals surface area contributed by atoms with Crippen molar-refractivity contribution in [2.45, 2.75) is 110 Å². The van der Waals surface area contributed by atoms with Gasteiger partial charge in [0.15, 0.2) is 29.6 Å². The summed E-state index contributed by atoms with van der Waals surface area (Å²) >= 11 is 3.23. The Kier molecular flexibility index (Phi) is 19.7. The molecule has 0 aromatic carbocycles. The van der Waals surface area contributed by atoms with Gasteiger partial charge < -0.3 is 62.9 Å². The van der Waals surface area contributed by atoms with E-state index in [9.17, 15) is 24.0 Å². The second kappa shape index (κ2) is 26.9. The minimum Gasteiger partial charge on any atom is -0.422 e. The Hall–Kier alpha value is -8.58. The molecule has 0 radical (unpaired) electrons. The molecule has 1 aliphatic carbocycles. The SMILES string of the molecule is CC1(C)OB(B2OC(C)(C)C(C)(C)O2)OC1(C)C.Cn1cc(-c2ccnc(N3CCn4c5c(c(F)c4C3=O)CCCC5)c2C=O)nc(Nc2cccnc2)c1=O.Cn1cc(B(O)O)nc(Nc2cccnc2)c1=O.Cn1cc(Br)nc(Nc2cccnc2)c1=O. The van der Waals surface area contributed by atoms with E-state index in [1.807, 2.05) is 61.5 Å². The van der Waals surface area contributed by atoms with Gasteiger partial charge in [0.25, 0.3) is 22.6 Å². The van der Waals surface area contributed by atoms with Crippen LogP contribution in [0.15, 0.2) is 123 Å². The van der Waals surface area contributed by atoms with E-state index < -0.39 is 32.9 Å². The lowest BCUT2D eigenvalue weighted by atomic mass is 9.49. The second-order valence-electron chi connectivity index (χ2n) is 23.5. The fourth-order valence-corrected chi connectivity index (χ4v) is 10.4. The van der Waals surface area contributed by atoms with Crippen molar-refractivity contribution in [2.75, 3.05) is 27.4 Å². The number of rotatable bonds is 11. The van der Waals surface area contributed by atoms with E-state index in [1.54, 1.807) is 92.2 Å². The lowest BCUT2D eigenvalue weighted by molar-refractivity contribution is 0.00578. The number of aldehydes is 1. The van der Waals surface area contributed by atoms with Crippen LogP contribution in [0.3, 0.4) is 0 Å². The maximum absolute atomic E-state index is 15.4. The lowest BCUT2D eigenvalue weighted by Crippen LogP contribution is -2.42. The van der Waals surface area contributed by atoms with Crippen molar-refractivity contribution in [2.24, 2.45) is 21.1 Å². The molecule has 4 aliphatic rings. The number of nitrogens with zero attached hydrogens (tertiary/aromatic N) is 12. The standard InChI is InChI=1S/C27H24FN7O3.C12H24B2O4.C10H11BN4O3.C10H9BrN4O/c1-33-14-20(32-24(27(33)38)31-16-5-4-9-29-13-16)17-8-10-30-25(19(17)15-36)35-12-11-34-21-7-3-2-6-18(21)22(28)23(34)26(35)37;1-9(2)10(3,4)16-13(15-9)14-17-11(5,6)12(7,8)18-14;1-15-6-8(11(17)18)14-9(10(15)16)13-7-3-2-4-12-5-7;1-15-6-8(11)14-9(10(15)16)13-7-3-2-4-12-5-7/h4-5,8-10,13-15H,2-3,6-7,11-12H2,1H3,(H,31,32);1-8H3;2-6,17-18H,1H3,(H,13,14);2-6H,1H3,(H,13,14). The molecule has 11 heterocycles. The molecule has 8 aromatic heterocycles. The van der Waals surface area contributed by atoms with Crippen LogP contribution in [0.1, 0.15) is 100 Å². The fraction of sp³-hybridized carbons (Fsp3) is 0.356. The molecule has 1 amide bonds. The number of aromatic nitrogens is 11. The molecule has 12 rings (SSSR count). The summed E-state index contributed by atoms with van der Waals surface area (Å²) in [6.45, 7) is 16.9. The van der Waals surface area contributed by atoms with E-state index in [1.165, 1.54) is 50.4 Å². The number of fused-ring (bicyclic) bond motifs is 3. The summed E-state index contributed by atoms with van der Waals surface area (Å²) in [5, 5.41) is 26.8. The minimum atomic E-state index is -1.73. The van der Waals surface area contributed by atoms with E-state index in [-0.39, 0.29) is 85.7 Å². The van der Waals surface area contributed by atoms with Crippen LogP contribution >= 0.6 is 15.9 Å². The fourth-order valence-electron chi connectivity index (χ4n) is 9.95. The van der Waals surface area contributed by atoms with Crippen molar-refractivity contribution in [1.82, 2.24) is 53.2 Å². The van der Waals surface area contributed by atoms with Gasteiger partial charge in [-0.2, -0.15) is 0 Å². The summed E-state index contributed by atoms with van der Waals surface area (Å²) in [5.41, 5.74) is 1.92. The molecule has 0 unspecified atom stereocenters. The Labute approximate surface area is 526 Å².